The Hall–Kier alpha value is -2.36. The average Bonchev–Trinajstić information content (AvgIpc) is 2.93. The largest absolute Gasteiger partial charge is 0.497 e. The lowest BCUT2D eigenvalue weighted by Gasteiger charge is -2.17. The second kappa shape index (κ2) is 5.93. The second-order valence-electron chi connectivity index (χ2n) is 7.47. The number of rotatable bonds is 3. The summed E-state index contributed by atoms with van der Waals surface area (Å²) in [7, 11) is 1.68. The van der Waals surface area contributed by atoms with Gasteiger partial charge in [-0.15, -0.1) is 0 Å². The van der Waals surface area contributed by atoms with Gasteiger partial charge in [0.1, 0.15) is 5.75 Å². The van der Waals surface area contributed by atoms with Gasteiger partial charge < -0.3 is 4.74 Å². The molecule has 2 aromatic heterocycles. The smallest absolute Gasteiger partial charge is 0.163 e. The summed E-state index contributed by atoms with van der Waals surface area (Å²) in [6.45, 7) is 10.9. The topological polar surface area (TPSA) is 39.9 Å². The monoisotopic (exact) mass is 323 g/mol. The maximum Gasteiger partial charge on any atom is 0.163 e. The first kappa shape index (κ1) is 16.5. The minimum absolute atomic E-state index is 0.00430. The molecule has 0 aliphatic carbocycles. The van der Waals surface area contributed by atoms with Crippen LogP contribution in [0.5, 0.6) is 5.75 Å². The van der Waals surface area contributed by atoms with Crippen molar-refractivity contribution in [1.82, 2.24) is 14.8 Å². The molecule has 0 atom stereocenters. The van der Waals surface area contributed by atoms with Crippen LogP contribution in [0.15, 0.2) is 36.4 Å². The molecular formula is C20H25N3O. The fourth-order valence-electron chi connectivity index (χ4n) is 2.79. The fraction of sp³-hybridized carbons (Fsp3) is 0.400. The van der Waals surface area contributed by atoms with Gasteiger partial charge in [0.2, 0.25) is 0 Å². The first-order valence-corrected chi connectivity index (χ1v) is 8.36. The van der Waals surface area contributed by atoms with Gasteiger partial charge in [-0.3, -0.25) is 0 Å². The van der Waals surface area contributed by atoms with Crippen LogP contribution in [0.4, 0.5) is 0 Å². The molecule has 0 N–H and O–H groups in total. The van der Waals surface area contributed by atoms with E-state index in [9.17, 15) is 0 Å². The van der Waals surface area contributed by atoms with Crippen LogP contribution < -0.4 is 4.74 Å². The van der Waals surface area contributed by atoms with E-state index < -0.39 is 0 Å². The van der Waals surface area contributed by atoms with E-state index in [1.54, 1.807) is 7.11 Å². The number of hydrogen-bond acceptors (Lipinski definition) is 3. The molecule has 4 heteroatoms. The Morgan fingerprint density at radius 3 is 2.46 bits per heavy atom. The molecule has 0 spiro atoms. The molecule has 2 heterocycles. The molecule has 1 aromatic carbocycles. The number of nitrogens with zero attached hydrogens (tertiary/aromatic N) is 3. The van der Waals surface area contributed by atoms with Gasteiger partial charge in [-0.05, 0) is 30.2 Å². The lowest BCUT2D eigenvalue weighted by molar-refractivity contribution is 0.414. The average molecular weight is 323 g/mol. The Morgan fingerprint density at radius 2 is 1.83 bits per heavy atom. The van der Waals surface area contributed by atoms with Gasteiger partial charge in [0.05, 0.1) is 18.5 Å². The molecule has 24 heavy (non-hydrogen) atoms. The summed E-state index contributed by atoms with van der Waals surface area (Å²) in [4.78, 5) is 4.94. The van der Waals surface area contributed by atoms with Crippen LogP contribution >= 0.6 is 0 Å². The highest BCUT2D eigenvalue weighted by Gasteiger charge is 2.20. The van der Waals surface area contributed by atoms with Gasteiger partial charge in [-0.25, -0.2) is 9.67 Å². The van der Waals surface area contributed by atoms with Crippen molar-refractivity contribution in [2.45, 2.75) is 46.0 Å². The van der Waals surface area contributed by atoms with Crippen LogP contribution in [-0.4, -0.2) is 21.9 Å². The fourth-order valence-corrected chi connectivity index (χ4v) is 2.79. The zero-order valence-corrected chi connectivity index (χ0v) is 15.3. The van der Waals surface area contributed by atoms with Gasteiger partial charge in [0, 0.05) is 22.6 Å². The molecule has 0 saturated carbocycles. The van der Waals surface area contributed by atoms with Crippen molar-refractivity contribution >= 4 is 11.0 Å². The van der Waals surface area contributed by atoms with Crippen LogP contribution in [-0.2, 0) is 5.41 Å². The van der Waals surface area contributed by atoms with Crippen LogP contribution in [0.25, 0.3) is 16.7 Å². The third kappa shape index (κ3) is 2.88. The predicted octanol–water partition coefficient (Wildman–Crippen LogP) is 4.85. The van der Waals surface area contributed by atoms with Crippen LogP contribution in [0.3, 0.4) is 0 Å². The second-order valence-corrected chi connectivity index (χ2v) is 7.47. The normalized spacial score (nSPS) is 12.1. The van der Waals surface area contributed by atoms with Crippen molar-refractivity contribution in [1.29, 1.82) is 0 Å². The van der Waals surface area contributed by atoms with Crippen molar-refractivity contribution in [2.24, 2.45) is 0 Å². The van der Waals surface area contributed by atoms with E-state index in [4.69, 9.17) is 14.8 Å². The summed E-state index contributed by atoms with van der Waals surface area (Å²) >= 11 is 0. The van der Waals surface area contributed by atoms with E-state index in [0.29, 0.717) is 5.92 Å². The van der Waals surface area contributed by atoms with Crippen molar-refractivity contribution in [3.63, 3.8) is 0 Å². The highest BCUT2D eigenvalue weighted by atomic mass is 16.5. The third-order valence-electron chi connectivity index (χ3n) is 4.17. The molecule has 0 fully saturated rings. The molecule has 0 unspecified atom stereocenters. The quantitative estimate of drug-likeness (QED) is 0.691. The SMILES string of the molecule is COc1cccc(-n2nc(C(C)C)c3ccc(C(C)(C)C)nc32)c1. The summed E-state index contributed by atoms with van der Waals surface area (Å²) in [5, 5.41) is 5.97. The lowest BCUT2D eigenvalue weighted by atomic mass is 9.91. The number of methoxy groups -OCH3 is 1. The van der Waals surface area contributed by atoms with Crippen molar-refractivity contribution < 1.29 is 4.74 Å². The number of ether oxygens (including phenoxy) is 1. The first-order chi connectivity index (χ1) is 11.3. The lowest BCUT2D eigenvalue weighted by Crippen LogP contribution is -2.13. The Bertz CT molecular complexity index is 872. The Labute approximate surface area is 143 Å². The first-order valence-electron chi connectivity index (χ1n) is 8.36. The summed E-state index contributed by atoms with van der Waals surface area (Å²) in [5.74, 6) is 1.15. The maximum atomic E-state index is 5.36. The molecule has 0 aliphatic rings. The minimum atomic E-state index is -0.00430. The number of aromatic nitrogens is 3. The summed E-state index contributed by atoms with van der Waals surface area (Å²) < 4.78 is 7.29. The highest BCUT2D eigenvalue weighted by Crippen LogP contribution is 2.30. The Kier molecular flexibility index (Phi) is 4.08. The van der Waals surface area contributed by atoms with E-state index >= 15 is 0 Å². The molecule has 0 amide bonds. The summed E-state index contributed by atoms with van der Waals surface area (Å²) in [6.07, 6.45) is 0. The number of pyridine rings is 1. The number of benzene rings is 1. The Morgan fingerprint density at radius 1 is 1.08 bits per heavy atom. The molecule has 3 aromatic rings. The molecule has 0 radical (unpaired) electrons. The maximum absolute atomic E-state index is 5.36. The number of hydrogen-bond donors (Lipinski definition) is 0. The van der Waals surface area contributed by atoms with Crippen molar-refractivity contribution in [3.8, 4) is 11.4 Å². The number of fused-ring (bicyclic) bond motifs is 1. The zero-order chi connectivity index (χ0) is 17.5. The van der Waals surface area contributed by atoms with E-state index in [0.717, 1.165) is 33.9 Å². The van der Waals surface area contributed by atoms with E-state index in [1.807, 2.05) is 28.9 Å². The van der Waals surface area contributed by atoms with Crippen molar-refractivity contribution in [2.75, 3.05) is 7.11 Å². The molecule has 4 nitrogen and oxygen atoms in total. The van der Waals surface area contributed by atoms with E-state index in [2.05, 4.69) is 46.8 Å². The predicted molar refractivity (Wildman–Crippen MR) is 98.2 cm³/mol. The van der Waals surface area contributed by atoms with E-state index in [1.165, 1.54) is 0 Å². The van der Waals surface area contributed by atoms with E-state index in [-0.39, 0.29) is 5.41 Å². The summed E-state index contributed by atoms with van der Waals surface area (Å²) in [6, 6.07) is 12.2. The standard InChI is InChI=1S/C20H25N3O/c1-13(2)18-16-10-11-17(20(3,4)5)21-19(16)23(22-18)14-8-7-9-15(12-14)24-6/h7-13H,1-6H3. The van der Waals surface area contributed by atoms with Gasteiger partial charge in [0.15, 0.2) is 5.65 Å². The van der Waals surface area contributed by atoms with Crippen LogP contribution in [0.2, 0.25) is 0 Å². The molecule has 126 valence electrons. The van der Waals surface area contributed by atoms with Crippen LogP contribution in [0.1, 0.15) is 51.9 Å². The molecule has 0 bridgehead atoms. The van der Waals surface area contributed by atoms with Gasteiger partial charge >= 0.3 is 0 Å². The van der Waals surface area contributed by atoms with Crippen LogP contribution in [0, 0.1) is 0 Å². The Balaban J connectivity index is 2.29. The van der Waals surface area contributed by atoms with Gasteiger partial charge in [-0.2, -0.15) is 5.10 Å². The van der Waals surface area contributed by atoms with Gasteiger partial charge in [-0.1, -0.05) is 40.7 Å². The minimum Gasteiger partial charge on any atom is -0.497 e. The highest BCUT2D eigenvalue weighted by molar-refractivity contribution is 5.81. The molecular weight excluding hydrogens is 298 g/mol. The van der Waals surface area contributed by atoms with Gasteiger partial charge in [0.25, 0.3) is 0 Å². The molecule has 3 rings (SSSR count). The third-order valence-corrected chi connectivity index (χ3v) is 4.17. The molecule has 0 aliphatic heterocycles. The van der Waals surface area contributed by atoms with Crippen molar-refractivity contribution in [3.05, 3.63) is 47.8 Å². The zero-order valence-electron chi connectivity index (χ0n) is 15.3. The summed E-state index contributed by atoms with van der Waals surface area (Å²) in [5.41, 5.74) is 4.00. The molecule has 0 saturated heterocycles.